The number of aryl methyl sites for hydroxylation is 1. The molecule has 0 aromatic heterocycles. The summed E-state index contributed by atoms with van der Waals surface area (Å²) in [7, 11) is 1.60. The molecule has 1 atom stereocenters. The molecule has 1 N–H and O–H groups in total. The number of hydrogen-bond donors (Lipinski definition) is 1. The van der Waals surface area contributed by atoms with Gasteiger partial charge in [0, 0.05) is 18.2 Å². The maximum absolute atomic E-state index is 11.5. The number of methoxy groups -OCH3 is 1. The number of carboxylic acids is 1. The molecular weight excluding hydrogens is 434 g/mol. The molecule has 0 fully saturated rings. The van der Waals surface area contributed by atoms with Crippen LogP contribution in [0.5, 0.6) is 5.75 Å². The van der Waals surface area contributed by atoms with E-state index in [-0.39, 0.29) is 17.5 Å². The molecule has 0 saturated carbocycles. The van der Waals surface area contributed by atoms with Crippen LogP contribution in [0.1, 0.15) is 50.1 Å². The molecule has 0 bridgehead atoms. The molecule has 1 aliphatic rings. The Hall–Kier alpha value is -4.05. The normalized spacial score (nSPS) is 14.7. The number of fused-ring (bicyclic) bond motifs is 1. The van der Waals surface area contributed by atoms with E-state index in [1.54, 1.807) is 19.2 Å². The molecule has 35 heavy (non-hydrogen) atoms. The van der Waals surface area contributed by atoms with Gasteiger partial charge >= 0.3 is 5.97 Å². The summed E-state index contributed by atoms with van der Waals surface area (Å²) in [4.78, 5) is 14.0. The van der Waals surface area contributed by atoms with Crippen molar-refractivity contribution in [3.8, 4) is 5.75 Å². The van der Waals surface area contributed by atoms with Crippen LogP contribution in [-0.2, 0) is 6.42 Å². The second-order valence-electron chi connectivity index (χ2n) is 9.17. The smallest absolute Gasteiger partial charge is 0.335 e. The van der Waals surface area contributed by atoms with Gasteiger partial charge in [0.2, 0.25) is 0 Å². The first-order valence-corrected chi connectivity index (χ1v) is 11.9. The minimum absolute atomic E-state index is 0.0974. The lowest BCUT2D eigenvalue weighted by Gasteiger charge is -2.32. The van der Waals surface area contributed by atoms with Crippen molar-refractivity contribution in [1.29, 1.82) is 0 Å². The van der Waals surface area contributed by atoms with Gasteiger partial charge in [0.05, 0.1) is 18.7 Å². The molecule has 4 aromatic carbocycles. The third-order valence-electron chi connectivity index (χ3n) is 6.89. The van der Waals surface area contributed by atoms with E-state index in [4.69, 9.17) is 4.74 Å². The molecule has 5 rings (SSSR count). The average molecular weight is 464 g/mol. The highest BCUT2D eigenvalue weighted by molar-refractivity contribution is 5.88. The van der Waals surface area contributed by atoms with Gasteiger partial charge in [-0.15, -0.1) is 0 Å². The van der Waals surface area contributed by atoms with Gasteiger partial charge in [-0.2, -0.15) is 0 Å². The molecule has 0 spiro atoms. The lowest BCUT2D eigenvalue weighted by molar-refractivity contribution is 0.0696. The number of nitrogens with zero attached hydrogens (tertiary/aromatic N) is 1. The van der Waals surface area contributed by atoms with Crippen molar-refractivity contribution in [2.75, 3.05) is 18.6 Å². The summed E-state index contributed by atoms with van der Waals surface area (Å²) < 4.78 is 5.59. The Morgan fingerprint density at radius 2 is 1.60 bits per heavy atom. The van der Waals surface area contributed by atoms with Crippen LogP contribution >= 0.6 is 0 Å². The number of rotatable bonds is 7. The third kappa shape index (κ3) is 4.52. The lowest BCUT2D eigenvalue weighted by Crippen LogP contribution is -2.29. The van der Waals surface area contributed by atoms with E-state index in [1.165, 1.54) is 27.9 Å². The number of ether oxygens (including phenoxy) is 1. The third-order valence-corrected chi connectivity index (χ3v) is 6.89. The topological polar surface area (TPSA) is 49.8 Å². The Morgan fingerprint density at radius 1 is 0.943 bits per heavy atom. The van der Waals surface area contributed by atoms with E-state index in [0.29, 0.717) is 5.75 Å². The molecule has 0 amide bonds. The van der Waals surface area contributed by atoms with Crippen LogP contribution in [0.25, 0.3) is 0 Å². The van der Waals surface area contributed by atoms with Crippen LogP contribution in [0, 0.1) is 6.92 Å². The van der Waals surface area contributed by atoms with Gasteiger partial charge in [0.15, 0.2) is 0 Å². The Labute approximate surface area is 206 Å². The zero-order chi connectivity index (χ0) is 24.4. The molecule has 1 aliphatic heterocycles. The fraction of sp³-hybridized carbons (Fsp3) is 0.194. The van der Waals surface area contributed by atoms with Crippen LogP contribution in [-0.4, -0.2) is 24.7 Å². The number of carbonyl (C=O) groups is 1. The summed E-state index contributed by atoms with van der Waals surface area (Å²) >= 11 is 0. The summed E-state index contributed by atoms with van der Waals surface area (Å²) in [5.74, 6) is -0.0685. The highest BCUT2D eigenvalue weighted by Gasteiger charge is 2.35. The van der Waals surface area contributed by atoms with Gasteiger partial charge in [0.1, 0.15) is 5.75 Å². The fourth-order valence-electron chi connectivity index (χ4n) is 5.25. The maximum atomic E-state index is 11.5. The SMILES string of the molecule is COc1cc(C(=O)O)ccc1CC1CN(C(c2ccccc2)c2ccccc2)c2ccc(C)cc21. The summed E-state index contributed by atoms with van der Waals surface area (Å²) in [5, 5.41) is 9.39. The van der Waals surface area contributed by atoms with Gasteiger partial charge in [-0.1, -0.05) is 84.4 Å². The van der Waals surface area contributed by atoms with Crippen LogP contribution in [0.15, 0.2) is 97.1 Å². The molecule has 4 aromatic rings. The fourth-order valence-corrected chi connectivity index (χ4v) is 5.25. The maximum Gasteiger partial charge on any atom is 0.335 e. The summed E-state index contributed by atoms with van der Waals surface area (Å²) in [6, 6.07) is 33.3. The first-order chi connectivity index (χ1) is 17.0. The van der Waals surface area contributed by atoms with Crippen molar-refractivity contribution >= 4 is 11.7 Å². The molecule has 176 valence electrons. The van der Waals surface area contributed by atoms with Crippen molar-refractivity contribution in [3.63, 3.8) is 0 Å². The van der Waals surface area contributed by atoms with E-state index in [9.17, 15) is 9.90 Å². The molecule has 0 saturated heterocycles. The second-order valence-corrected chi connectivity index (χ2v) is 9.17. The van der Waals surface area contributed by atoms with Gasteiger partial charge in [0.25, 0.3) is 0 Å². The molecule has 1 unspecified atom stereocenters. The Bertz CT molecular complexity index is 1290. The van der Waals surface area contributed by atoms with E-state index < -0.39 is 5.97 Å². The molecule has 0 radical (unpaired) electrons. The summed E-state index contributed by atoms with van der Waals surface area (Å²) in [6.45, 7) is 2.99. The van der Waals surface area contributed by atoms with Gasteiger partial charge < -0.3 is 14.7 Å². The number of aromatic carboxylic acids is 1. The highest BCUT2D eigenvalue weighted by atomic mass is 16.5. The highest BCUT2D eigenvalue weighted by Crippen LogP contribution is 2.45. The standard InChI is InChI=1S/C31H29NO3/c1-21-13-16-28-27(17-21)26(18-24-14-15-25(31(33)34)19-29(24)35-2)20-32(28)30(22-9-5-3-6-10-22)23-11-7-4-8-12-23/h3-17,19,26,30H,18,20H2,1-2H3,(H,33,34). The minimum Gasteiger partial charge on any atom is -0.496 e. The summed E-state index contributed by atoms with van der Waals surface area (Å²) in [5.41, 5.74) is 7.59. The number of benzene rings is 4. The van der Waals surface area contributed by atoms with Gasteiger partial charge in [-0.05, 0) is 53.8 Å². The van der Waals surface area contributed by atoms with Crippen LogP contribution in [0.3, 0.4) is 0 Å². The Kier molecular flexibility index (Phi) is 6.28. The molecule has 4 nitrogen and oxygen atoms in total. The molecule has 4 heteroatoms. The van der Waals surface area contributed by atoms with Crippen molar-refractivity contribution in [2.24, 2.45) is 0 Å². The van der Waals surface area contributed by atoms with Gasteiger partial charge in [-0.3, -0.25) is 0 Å². The molecular formula is C31H29NO3. The largest absolute Gasteiger partial charge is 0.496 e. The zero-order valence-corrected chi connectivity index (χ0v) is 20.0. The van der Waals surface area contributed by atoms with Crippen molar-refractivity contribution < 1.29 is 14.6 Å². The minimum atomic E-state index is -0.948. The van der Waals surface area contributed by atoms with Crippen LogP contribution in [0.4, 0.5) is 5.69 Å². The van der Waals surface area contributed by atoms with E-state index in [0.717, 1.165) is 18.5 Å². The van der Waals surface area contributed by atoms with E-state index in [1.807, 2.05) is 6.07 Å². The average Bonchev–Trinajstić information content (AvgIpc) is 3.22. The molecule has 1 heterocycles. The van der Waals surface area contributed by atoms with Gasteiger partial charge in [-0.25, -0.2) is 4.79 Å². The van der Waals surface area contributed by atoms with E-state index in [2.05, 4.69) is 90.7 Å². The molecule has 0 aliphatic carbocycles. The predicted molar refractivity (Wildman–Crippen MR) is 140 cm³/mol. The van der Waals surface area contributed by atoms with Crippen molar-refractivity contribution in [1.82, 2.24) is 0 Å². The Balaban J connectivity index is 1.56. The van der Waals surface area contributed by atoms with Crippen LogP contribution < -0.4 is 9.64 Å². The predicted octanol–water partition coefficient (Wildman–Crippen LogP) is 6.64. The first-order valence-electron chi connectivity index (χ1n) is 11.9. The van der Waals surface area contributed by atoms with E-state index >= 15 is 0 Å². The van der Waals surface area contributed by atoms with Crippen molar-refractivity contribution in [2.45, 2.75) is 25.3 Å². The zero-order valence-electron chi connectivity index (χ0n) is 20.0. The van der Waals surface area contributed by atoms with Crippen LogP contribution in [0.2, 0.25) is 0 Å². The van der Waals surface area contributed by atoms with Crippen molar-refractivity contribution in [3.05, 3.63) is 130 Å². The number of anilines is 1. The monoisotopic (exact) mass is 463 g/mol. The second kappa shape index (κ2) is 9.67. The summed E-state index contributed by atoms with van der Waals surface area (Å²) in [6.07, 6.45) is 0.770. The first kappa shape index (κ1) is 22.7. The number of carboxylic acid groups (broad SMARTS) is 1. The quantitative estimate of drug-likeness (QED) is 0.334. The lowest BCUT2D eigenvalue weighted by atomic mass is 9.92. The Morgan fingerprint density at radius 3 is 2.20 bits per heavy atom. The number of hydrogen-bond acceptors (Lipinski definition) is 3.